The number of fused-ring (bicyclic) bond motifs is 1. The van der Waals surface area contributed by atoms with E-state index in [1.807, 2.05) is 58.9 Å². The van der Waals surface area contributed by atoms with Gasteiger partial charge in [-0.25, -0.2) is 13.5 Å². The molecule has 4 rings (SSSR count). The Hall–Kier alpha value is -3.20. The van der Waals surface area contributed by atoms with Crippen molar-refractivity contribution in [2.45, 2.75) is 51.7 Å². The predicted octanol–water partition coefficient (Wildman–Crippen LogP) is 5.45. The molecule has 6 nitrogen and oxygen atoms in total. The van der Waals surface area contributed by atoms with Gasteiger partial charge in [0, 0.05) is 29.2 Å². The molecule has 2 aromatic carbocycles. The summed E-state index contributed by atoms with van der Waals surface area (Å²) in [6, 6.07) is 11.2. The lowest BCUT2D eigenvalue weighted by Crippen LogP contribution is -2.42. The second-order valence-electron chi connectivity index (χ2n) is 10.3. The Balaban J connectivity index is 2.02. The highest BCUT2D eigenvalue weighted by molar-refractivity contribution is 8.00. The number of aromatic nitrogens is 2. The van der Waals surface area contributed by atoms with Gasteiger partial charge in [-0.1, -0.05) is 45.9 Å². The average molecular weight is 527 g/mol. The van der Waals surface area contributed by atoms with Crippen molar-refractivity contribution >= 4 is 29.4 Å². The highest BCUT2D eigenvalue weighted by Gasteiger charge is 2.40. The normalized spacial score (nSPS) is 15.9. The summed E-state index contributed by atoms with van der Waals surface area (Å²) in [7, 11) is 0. The van der Waals surface area contributed by atoms with Gasteiger partial charge in [-0.05, 0) is 37.1 Å². The SMILES string of the molecule is CCCNC(=O)CN1C(=O)CS[C@H](c2ccc(F)cc2F)c2c(C(C)(C)C)nn(-c3cccc(C)c3)c21. The Labute approximate surface area is 220 Å². The van der Waals surface area contributed by atoms with Crippen molar-refractivity contribution in [3.8, 4) is 5.69 Å². The van der Waals surface area contributed by atoms with E-state index in [2.05, 4.69) is 5.32 Å². The van der Waals surface area contributed by atoms with Gasteiger partial charge in [0.1, 0.15) is 24.0 Å². The molecular formula is C28H32F2N4O2S. The number of carbonyl (C=O) groups excluding carboxylic acids is 2. The Morgan fingerprint density at radius 2 is 1.95 bits per heavy atom. The molecule has 1 aromatic heterocycles. The first-order chi connectivity index (χ1) is 17.5. The zero-order valence-electron chi connectivity index (χ0n) is 21.8. The third kappa shape index (κ3) is 5.56. The summed E-state index contributed by atoms with van der Waals surface area (Å²) in [5, 5.41) is 7.19. The van der Waals surface area contributed by atoms with Gasteiger partial charge >= 0.3 is 0 Å². The summed E-state index contributed by atoms with van der Waals surface area (Å²) in [6.07, 6.45) is 0.766. The van der Waals surface area contributed by atoms with Gasteiger partial charge in [0.25, 0.3) is 0 Å². The number of halogens is 2. The van der Waals surface area contributed by atoms with Crippen molar-refractivity contribution in [1.82, 2.24) is 15.1 Å². The fraction of sp³-hybridized carbons (Fsp3) is 0.393. The molecule has 0 bridgehead atoms. The van der Waals surface area contributed by atoms with Crippen LogP contribution in [-0.4, -0.2) is 40.4 Å². The van der Waals surface area contributed by atoms with Gasteiger partial charge in [0.05, 0.1) is 22.4 Å². The first-order valence-electron chi connectivity index (χ1n) is 12.3. The molecule has 1 atom stereocenters. The summed E-state index contributed by atoms with van der Waals surface area (Å²) in [5.74, 6) is -1.46. The lowest BCUT2D eigenvalue weighted by atomic mass is 9.87. The molecule has 0 spiro atoms. The number of carbonyl (C=O) groups is 2. The van der Waals surface area contributed by atoms with Crippen molar-refractivity contribution in [1.29, 1.82) is 0 Å². The third-order valence-electron chi connectivity index (χ3n) is 6.16. The number of amides is 2. The molecule has 2 heterocycles. The Bertz CT molecular complexity index is 1330. The van der Waals surface area contributed by atoms with Crippen LogP contribution in [0.5, 0.6) is 0 Å². The van der Waals surface area contributed by atoms with E-state index in [0.717, 1.165) is 23.7 Å². The van der Waals surface area contributed by atoms with Crippen molar-refractivity contribution < 1.29 is 18.4 Å². The minimum absolute atomic E-state index is 0.0224. The maximum absolute atomic E-state index is 15.2. The highest BCUT2D eigenvalue weighted by atomic mass is 32.2. The molecule has 196 valence electrons. The van der Waals surface area contributed by atoms with Crippen molar-refractivity contribution in [2.24, 2.45) is 0 Å². The van der Waals surface area contributed by atoms with Crippen LogP contribution in [0.25, 0.3) is 5.69 Å². The fourth-order valence-electron chi connectivity index (χ4n) is 4.44. The highest BCUT2D eigenvalue weighted by Crippen LogP contribution is 2.49. The molecule has 0 radical (unpaired) electrons. The lowest BCUT2D eigenvalue weighted by Gasteiger charge is -2.24. The molecule has 0 saturated heterocycles. The van der Waals surface area contributed by atoms with Crippen LogP contribution in [0.1, 0.15) is 61.7 Å². The number of hydrogen-bond donors (Lipinski definition) is 1. The molecule has 0 unspecified atom stereocenters. The summed E-state index contributed by atoms with van der Waals surface area (Å²) in [4.78, 5) is 27.8. The van der Waals surface area contributed by atoms with E-state index in [1.54, 1.807) is 4.68 Å². The third-order valence-corrected chi connectivity index (χ3v) is 7.40. The zero-order chi connectivity index (χ0) is 26.9. The topological polar surface area (TPSA) is 67.2 Å². The van der Waals surface area contributed by atoms with E-state index in [0.29, 0.717) is 23.6 Å². The van der Waals surface area contributed by atoms with Gasteiger partial charge in [-0.2, -0.15) is 5.10 Å². The summed E-state index contributed by atoms with van der Waals surface area (Å²) >= 11 is 1.26. The van der Waals surface area contributed by atoms with Crippen LogP contribution in [0.3, 0.4) is 0 Å². The molecule has 0 saturated carbocycles. The number of thioether (sulfide) groups is 1. The number of nitrogens with one attached hydrogen (secondary N) is 1. The lowest BCUT2D eigenvalue weighted by molar-refractivity contribution is -0.122. The number of hydrogen-bond acceptors (Lipinski definition) is 4. The van der Waals surface area contributed by atoms with Crippen molar-refractivity contribution in [3.05, 3.63) is 76.5 Å². The minimum Gasteiger partial charge on any atom is -0.355 e. The molecule has 2 amide bonds. The van der Waals surface area contributed by atoms with Crippen LogP contribution in [0.15, 0.2) is 42.5 Å². The number of aryl methyl sites for hydroxylation is 1. The van der Waals surface area contributed by atoms with Crippen LogP contribution in [0.4, 0.5) is 14.6 Å². The second kappa shape index (κ2) is 10.7. The average Bonchev–Trinajstić information content (AvgIpc) is 3.17. The van der Waals surface area contributed by atoms with E-state index < -0.39 is 22.3 Å². The number of rotatable bonds is 6. The predicted molar refractivity (Wildman–Crippen MR) is 143 cm³/mol. The molecule has 1 aliphatic rings. The first-order valence-corrected chi connectivity index (χ1v) is 13.4. The van der Waals surface area contributed by atoms with Gasteiger partial charge in [0.15, 0.2) is 0 Å². The van der Waals surface area contributed by atoms with E-state index >= 15 is 4.39 Å². The molecule has 3 aromatic rings. The van der Waals surface area contributed by atoms with Crippen LogP contribution < -0.4 is 10.2 Å². The molecule has 1 aliphatic heterocycles. The van der Waals surface area contributed by atoms with E-state index in [-0.39, 0.29) is 29.7 Å². The Kier molecular flexibility index (Phi) is 7.73. The molecule has 0 fully saturated rings. The monoisotopic (exact) mass is 526 g/mol. The van der Waals surface area contributed by atoms with Crippen molar-refractivity contribution in [3.63, 3.8) is 0 Å². The first kappa shape index (κ1) is 26.9. The molecule has 0 aliphatic carbocycles. The van der Waals surface area contributed by atoms with Gasteiger partial charge in [0.2, 0.25) is 11.8 Å². The number of nitrogens with zero attached hydrogens (tertiary/aromatic N) is 3. The van der Waals surface area contributed by atoms with Crippen LogP contribution in [0.2, 0.25) is 0 Å². The summed E-state index contributed by atoms with van der Waals surface area (Å²) in [6.45, 7) is 10.2. The molecule has 37 heavy (non-hydrogen) atoms. The van der Waals surface area contributed by atoms with Gasteiger partial charge in [-0.3, -0.25) is 14.5 Å². The molecule has 1 N–H and O–H groups in total. The number of benzene rings is 2. The molecular weight excluding hydrogens is 494 g/mol. The summed E-state index contributed by atoms with van der Waals surface area (Å²) < 4.78 is 30.7. The van der Waals surface area contributed by atoms with Crippen LogP contribution in [-0.2, 0) is 15.0 Å². The fourth-order valence-corrected chi connectivity index (χ4v) is 5.66. The van der Waals surface area contributed by atoms with E-state index in [4.69, 9.17) is 5.10 Å². The maximum atomic E-state index is 15.2. The maximum Gasteiger partial charge on any atom is 0.240 e. The smallest absolute Gasteiger partial charge is 0.240 e. The Morgan fingerprint density at radius 3 is 2.59 bits per heavy atom. The van der Waals surface area contributed by atoms with Gasteiger partial charge in [-0.15, -0.1) is 11.8 Å². The van der Waals surface area contributed by atoms with Crippen LogP contribution in [0, 0.1) is 18.6 Å². The standard InChI is InChI=1S/C28H32F2N4O2S/c1-6-12-31-22(35)15-33-23(36)16-37-25(20-11-10-18(29)14-21(20)30)24-26(28(3,4)5)32-34(27(24)33)19-9-7-8-17(2)13-19/h7-11,13-14,25H,6,12,15-16H2,1-5H3,(H,31,35)/t25-/m1/s1. The molecule has 9 heteroatoms. The Morgan fingerprint density at radius 1 is 1.19 bits per heavy atom. The van der Waals surface area contributed by atoms with Crippen molar-refractivity contribution in [2.75, 3.05) is 23.7 Å². The van der Waals surface area contributed by atoms with Crippen LogP contribution >= 0.6 is 11.8 Å². The largest absolute Gasteiger partial charge is 0.355 e. The minimum atomic E-state index is -0.687. The quantitative estimate of drug-likeness (QED) is 0.464. The zero-order valence-corrected chi connectivity index (χ0v) is 22.6. The second-order valence-corrected chi connectivity index (χ2v) is 11.4. The van der Waals surface area contributed by atoms with Gasteiger partial charge < -0.3 is 5.32 Å². The van der Waals surface area contributed by atoms with E-state index in [1.165, 1.54) is 28.8 Å². The van der Waals surface area contributed by atoms with E-state index in [9.17, 15) is 14.0 Å². The number of anilines is 1. The summed E-state index contributed by atoms with van der Waals surface area (Å²) in [5.41, 5.74) is 2.85.